The highest BCUT2D eigenvalue weighted by Crippen LogP contribution is 2.13. The number of aromatic nitrogens is 2. The summed E-state index contributed by atoms with van der Waals surface area (Å²) in [5.41, 5.74) is 1.47. The Kier molecular flexibility index (Phi) is 4.11. The molecule has 2 rings (SSSR count). The summed E-state index contributed by atoms with van der Waals surface area (Å²) < 4.78 is 13.8. The number of hydrogen-bond donors (Lipinski definition) is 1. The van der Waals surface area contributed by atoms with Gasteiger partial charge in [-0.3, -0.25) is 13.7 Å². The summed E-state index contributed by atoms with van der Waals surface area (Å²) in [6.45, 7) is 0. The molecule has 0 fully saturated rings. The van der Waals surface area contributed by atoms with Crippen LogP contribution in [0, 0.1) is 0 Å². The second-order valence-corrected chi connectivity index (χ2v) is 5.64. The number of benzene rings is 1. The molecule has 0 aliphatic rings. The molecule has 0 saturated heterocycles. The van der Waals surface area contributed by atoms with Crippen LogP contribution in [0.4, 0.5) is 0 Å². The van der Waals surface area contributed by atoms with Crippen molar-refractivity contribution in [3.63, 3.8) is 0 Å². The lowest BCUT2D eigenvalue weighted by atomic mass is 10.2. The molecule has 2 aromatic rings. The van der Waals surface area contributed by atoms with Crippen LogP contribution in [0.3, 0.4) is 0 Å². The first-order chi connectivity index (χ1) is 9.04. The Morgan fingerprint density at radius 2 is 2.00 bits per heavy atom. The van der Waals surface area contributed by atoms with Crippen molar-refractivity contribution in [2.75, 3.05) is 0 Å². The highest BCUT2D eigenvalue weighted by Gasteiger charge is 2.08. The van der Waals surface area contributed by atoms with Crippen LogP contribution in [-0.2, 0) is 34.8 Å². The molecule has 0 saturated carbocycles. The molecule has 0 radical (unpaired) electrons. The molecule has 0 bridgehead atoms. The highest BCUT2D eigenvalue weighted by atomic mass is 32.2. The molecule has 100 valence electrons. The third-order valence-corrected chi connectivity index (χ3v) is 3.95. The minimum atomic E-state index is -1.17. The normalized spacial score (nSPS) is 12.3. The summed E-state index contributed by atoms with van der Waals surface area (Å²) in [4.78, 5) is 11.2. The Labute approximate surface area is 113 Å². The molecule has 0 spiro atoms. The smallest absolute Gasteiger partial charge is 0.307 e. The van der Waals surface area contributed by atoms with Crippen LogP contribution >= 0.6 is 0 Å². The maximum absolute atomic E-state index is 12.1. The standard InChI is InChI=1S/C13H14N2O3S/c1-15-7-6-11(14-15)9-19(18)12-4-2-10(3-5-12)8-13(16)17/h2-7H,8-9H2,1H3,(H,16,17). The summed E-state index contributed by atoms with van der Waals surface area (Å²) in [6.07, 6.45) is 1.79. The number of aliphatic carboxylic acids is 1. The quantitative estimate of drug-likeness (QED) is 0.896. The van der Waals surface area contributed by atoms with Crippen LogP contribution in [0.1, 0.15) is 11.3 Å². The fourth-order valence-corrected chi connectivity index (χ4v) is 2.72. The predicted octanol–water partition coefficient (Wildman–Crippen LogP) is 1.35. The van der Waals surface area contributed by atoms with E-state index in [0.29, 0.717) is 16.2 Å². The molecule has 1 atom stereocenters. The van der Waals surface area contributed by atoms with Gasteiger partial charge in [0, 0.05) is 18.1 Å². The van der Waals surface area contributed by atoms with Crippen molar-refractivity contribution in [1.29, 1.82) is 0 Å². The van der Waals surface area contributed by atoms with E-state index in [2.05, 4.69) is 5.10 Å². The molecular formula is C13H14N2O3S. The average molecular weight is 278 g/mol. The van der Waals surface area contributed by atoms with Crippen molar-refractivity contribution < 1.29 is 14.1 Å². The van der Waals surface area contributed by atoms with E-state index < -0.39 is 16.8 Å². The largest absolute Gasteiger partial charge is 0.481 e. The van der Waals surface area contributed by atoms with Gasteiger partial charge in [-0.2, -0.15) is 5.10 Å². The van der Waals surface area contributed by atoms with E-state index >= 15 is 0 Å². The van der Waals surface area contributed by atoms with E-state index in [9.17, 15) is 9.00 Å². The summed E-state index contributed by atoms with van der Waals surface area (Å²) in [7, 11) is 0.647. The molecule has 19 heavy (non-hydrogen) atoms. The molecule has 6 heteroatoms. The van der Waals surface area contributed by atoms with Crippen molar-refractivity contribution in [1.82, 2.24) is 9.78 Å². The zero-order valence-corrected chi connectivity index (χ0v) is 11.3. The Morgan fingerprint density at radius 3 is 2.53 bits per heavy atom. The third kappa shape index (κ3) is 3.75. The number of aryl methyl sites for hydroxylation is 1. The lowest BCUT2D eigenvalue weighted by Crippen LogP contribution is -2.01. The average Bonchev–Trinajstić information content (AvgIpc) is 2.75. The Balaban J connectivity index is 2.05. The predicted molar refractivity (Wildman–Crippen MR) is 71.1 cm³/mol. The maximum Gasteiger partial charge on any atom is 0.307 e. The van der Waals surface area contributed by atoms with Crippen molar-refractivity contribution in [3.8, 4) is 0 Å². The van der Waals surface area contributed by atoms with Gasteiger partial charge >= 0.3 is 5.97 Å². The van der Waals surface area contributed by atoms with E-state index in [1.54, 1.807) is 28.9 Å². The molecule has 1 aromatic heterocycles. The van der Waals surface area contributed by atoms with Gasteiger partial charge in [0.1, 0.15) is 0 Å². The SMILES string of the molecule is Cn1ccc(CS(=O)c2ccc(CC(=O)O)cc2)n1. The van der Waals surface area contributed by atoms with Crippen LogP contribution < -0.4 is 0 Å². The van der Waals surface area contributed by atoms with Crippen molar-refractivity contribution in [2.45, 2.75) is 17.1 Å². The summed E-state index contributed by atoms with van der Waals surface area (Å²) in [6, 6.07) is 8.63. The van der Waals surface area contributed by atoms with E-state index in [0.717, 1.165) is 5.69 Å². The molecule has 1 heterocycles. The van der Waals surface area contributed by atoms with Crippen LogP contribution in [0.2, 0.25) is 0 Å². The monoisotopic (exact) mass is 278 g/mol. The van der Waals surface area contributed by atoms with Gasteiger partial charge in [-0.25, -0.2) is 0 Å². The van der Waals surface area contributed by atoms with Gasteiger partial charge in [0.05, 0.1) is 28.7 Å². The Morgan fingerprint density at radius 1 is 1.32 bits per heavy atom. The number of carboxylic acid groups (broad SMARTS) is 1. The second kappa shape index (κ2) is 5.79. The van der Waals surface area contributed by atoms with Crippen molar-refractivity contribution >= 4 is 16.8 Å². The van der Waals surface area contributed by atoms with Gasteiger partial charge in [-0.1, -0.05) is 12.1 Å². The molecule has 1 unspecified atom stereocenters. The van der Waals surface area contributed by atoms with E-state index in [1.807, 2.05) is 19.3 Å². The summed E-state index contributed by atoms with van der Waals surface area (Å²) >= 11 is 0. The molecular weight excluding hydrogens is 264 g/mol. The van der Waals surface area contributed by atoms with Crippen molar-refractivity contribution in [3.05, 3.63) is 47.8 Å². The third-order valence-electron chi connectivity index (χ3n) is 2.59. The molecule has 5 nitrogen and oxygen atoms in total. The number of nitrogens with zero attached hydrogens (tertiary/aromatic N) is 2. The lowest BCUT2D eigenvalue weighted by Gasteiger charge is -2.02. The Hall–Kier alpha value is -1.95. The number of carbonyl (C=O) groups is 1. The Bertz CT molecular complexity index is 605. The fraction of sp³-hybridized carbons (Fsp3) is 0.231. The molecule has 1 N–H and O–H groups in total. The van der Waals surface area contributed by atoms with Gasteiger partial charge in [0.2, 0.25) is 0 Å². The molecule has 0 aliphatic heterocycles. The zero-order chi connectivity index (χ0) is 13.8. The first kappa shape index (κ1) is 13.5. The minimum absolute atomic E-state index is 0.0207. The molecule has 0 amide bonds. The van der Waals surface area contributed by atoms with Gasteiger partial charge in [-0.05, 0) is 23.8 Å². The van der Waals surface area contributed by atoms with Crippen LogP contribution in [0.15, 0.2) is 41.4 Å². The van der Waals surface area contributed by atoms with E-state index in [4.69, 9.17) is 5.11 Å². The van der Waals surface area contributed by atoms with Gasteiger partial charge < -0.3 is 5.11 Å². The van der Waals surface area contributed by atoms with E-state index in [1.165, 1.54) is 0 Å². The van der Waals surface area contributed by atoms with Gasteiger partial charge in [0.15, 0.2) is 0 Å². The van der Waals surface area contributed by atoms with Gasteiger partial charge in [-0.15, -0.1) is 0 Å². The number of rotatable bonds is 5. The van der Waals surface area contributed by atoms with Gasteiger partial charge in [0.25, 0.3) is 0 Å². The second-order valence-electron chi connectivity index (χ2n) is 4.19. The maximum atomic E-state index is 12.1. The summed E-state index contributed by atoms with van der Waals surface area (Å²) in [5, 5.41) is 12.9. The lowest BCUT2D eigenvalue weighted by molar-refractivity contribution is -0.136. The topological polar surface area (TPSA) is 72.2 Å². The molecule has 1 aromatic carbocycles. The van der Waals surface area contributed by atoms with Crippen molar-refractivity contribution in [2.24, 2.45) is 7.05 Å². The summed E-state index contributed by atoms with van der Waals surface area (Å²) in [5.74, 6) is -0.513. The zero-order valence-electron chi connectivity index (χ0n) is 10.4. The van der Waals surface area contributed by atoms with Crippen LogP contribution in [0.25, 0.3) is 0 Å². The van der Waals surface area contributed by atoms with Crippen LogP contribution in [-0.4, -0.2) is 25.1 Å². The first-order valence-corrected chi connectivity index (χ1v) is 7.04. The first-order valence-electron chi connectivity index (χ1n) is 5.72. The number of carboxylic acids is 1. The minimum Gasteiger partial charge on any atom is -0.481 e. The van der Waals surface area contributed by atoms with Crippen LogP contribution in [0.5, 0.6) is 0 Å². The number of hydrogen-bond acceptors (Lipinski definition) is 3. The molecule has 0 aliphatic carbocycles. The highest BCUT2D eigenvalue weighted by molar-refractivity contribution is 7.84. The van der Waals surface area contributed by atoms with E-state index in [-0.39, 0.29) is 6.42 Å². The fourth-order valence-electron chi connectivity index (χ4n) is 1.69.